The smallest absolute Gasteiger partial charge is 0.122 e. The highest BCUT2D eigenvalue weighted by molar-refractivity contribution is 7.09. The first-order valence-electron chi connectivity index (χ1n) is 4.10. The Morgan fingerprint density at radius 3 is 2.92 bits per heavy atom. The second-order valence-electron chi connectivity index (χ2n) is 3.40. The van der Waals surface area contributed by atoms with Crippen molar-refractivity contribution >= 4 is 17.6 Å². The monoisotopic (exact) mass is 199 g/mol. The highest BCUT2D eigenvalue weighted by Crippen LogP contribution is 2.17. The molecule has 0 saturated heterocycles. The van der Waals surface area contributed by atoms with Gasteiger partial charge in [0.15, 0.2) is 0 Å². The molecule has 0 saturated carbocycles. The van der Waals surface area contributed by atoms with Gasteiger partial charge in [0.1, 0.15) is 6.29 Å². The van der Waals surface area contributed by atoms with E-state index in [2.05, 4.69) is 4.98 Å². The number of hydrogen-bond acceptors (Lipinski definition) is 4. The topological polar surface area (TPSA) is 50.2 Å². The second-order valence-corrected chi connectivity index (χ2v) is 4.46. The molecule has 0 aliphatic rings. The Hall–Kier alpha value is -0.740. The molecule has 1 aromatic rings. The summed E-state index contributed by atoms with van der Waals surface area (Å²) in [6, 6.07) is 0. The molecule has 13 heavy (non-hydrogen) atoms. The fraction of sp³-hybridized carbons (Fsp3) is 0.556. The molecule has 1 unspecified atom stereocenters. The third-order valence-corrected chi connectivity index (χ3v) is 2.57. The molecule has 4 heteroatoms. The van der Waals surface area contributed by atoms with Crippen molar-refractivity contribution in [3.8, 4) is 0 Å². The van der Waals surface area contributed by atoms with Crippen LogP contribution in [0.5, 0.6) is 0 Å². The molecule has 0 spiro atoms. The van der Waals surface area contributed by atoms with Crippen LogP contribution in [0.25, 0.3) is 0 Å². The predicted octanol–water partition coefficient (Wildman–Crippen LogP) is 1.33. The number of nitrogens with zero attached hydrogens (tertiary/aromatic N) is 1. The molecule has 0 bridgehead atoms. The van der Waals surface area contributed by atoms with E-state index in [1.165, 1.54) is 0 Å². The zero-order valence-electron chi connectivity index (χ0n) is 7.78. The van der Waals surface area contributed by atoms with Crippen LogP contribution in [0, 0.1) is 6.92 Å². The van der Waals surface area contributed by atoms with Crippen molar-refractivity contribution in [1.29, 1.82) is 0 Å². The molecule has 1 atom stereocenters. The molecule has 0 radical (unpaired) electrons. The maximum absolute atomic E-state index is 10.2. The lowest BCUT2D eigenvalue weighted by molar-refractivity contribution is -0.111. The van der Waals surface area contributed by atoms with Gasteiger partial charge in [-0.3, -0.25) is 0 Å². The summed E-state index contributed by atoms with van der Waals surface area (Å²) in [5.41, 5.74) is -0.100. The maximum Gasteiger partial charge on any atom is 0.122 e. The van der Waals surface area contributed by atoms with Crippen LogP contribution in [-0.4, -0.2) is 22.0 Å². The third-order valence-electron chi connectivity index (χ3n) is 1.75. The summed E-state index contributed by atoms with van der Waals surface area (Å²) in [6.45, 7) is 3.57. The van der Waals surface area contributed by atoms with Crippen LogP contribution in [0.3, 0.4) is 0 Å². The van der Waals surface area contributed by atoms with Crippen LogP contribution in [-0.2, 0) is 11.2 Å². The quantitative estimate of drug-likeness (QED) is 0.744. The number of aryl methyl sites for hydroxylation is 1. The van der Waals surface area contributed by atoms with E-state index < -0.39 is 5.60 Å². The summed E-state index contributed by atoms with van der Waals surface area (Å²) in [7, 11) is 0. The molecule has 1 heterocycles. The van der Waals surface area contributed by atoms with Crippen molar-refractivity contribution in [2.45, 2.75) is 32.3 Å². The van der Waals surface area contributed by atoms with Crippen molar-refractivity contribution in [3.05, 3.63) is 16.1 Å². The van der Waals surface area contributed by atoms with E-state index in [4.69, 9.17) is 0 Å². The number of aliphatic hydroxyl groups is 1. The van der Waals surface area contributed by atoms with E-state index >= 15 is 0 Å². The first-order valence-corrected chi connectivity index (χ1v) is 4.98. The lowest BCUT2D eigenvalue weighted by atomic mass is 9.98. The number of aldehydes is 1. The van der Waals surface area contributed by atoms with Gasteiger partial charge in [-0.2, -0.15) is 0 Å². The average Bonchev–Trinajstić information content (AvgIpc) is 2.34. The third kappa shape index (κ3) is 3.24. The molecule has 0 aliphatic carbocycles. The number of rotatable bonds is 4. The Kier molecular flexibility index (Phi) is 3.17. The molecular formula is C9H13NO2S. The lowest BCUT2D eigenvalue weighted by Gasteiger charge is -2.18. The lowest BCUT2D eigenvalue weighted by Crippen LogP contribution is -2.27. The number of thiazole rings is 1. The molecule has 1 rings (SSSR count). The average molecular weight is 199 g/mol. The second kappa shape index (κ2) is 3.98. The fourth-order valence-electron chi connectivity index (χ4n) is 1.13. The van der Waals surface area contributed by atoms with Gasteiger partial charge in [-0.15, -0.1) is 11.3 Å². The summed E-state index contributed by atoms with van der Waals surface area (Å²) in [5, 5.41) is 12.6. The van der Waals surface area contributed by atoms with E-state index in [-0.39, 0.29) is 6.42 Å². The molecule has 3 nitrogen and oxygen atoms in total. The largest absolute Gasteiger partial charge is 0.389 e. The first-order chi connectivity index (χ1) is 6.03. The van der Waals surface area contributed by atoms with E-state index in [0.717, 1.165) is 17.0 Å². The van der Waals surface area contributed by atoms with Crippen LogP contribution in [0.1, 0.15) is 24.0 Å². The molecule has 1 N–H and O–H groups in total. The van der Waals surface area contributed by atoms with Gasteiger partial charge in [-0.25, -0.2) is 4.98 Å². The van der Waals surface area contributed by atoms with Crippen molar-refractivity contribution in [2.24, 2.45) is 0 Å². The molecule has 0 fully saturated rings. The van der Waals surface area contributed by atoms with Gasteiger partial charge in [0, 0.05) is 18.2 Å². The molecule has 72 valence electrons. The first kappa shape index (κ1) is 10.3. The van der Waals surface area contributed by atoms with Crippen LogP contribution >= 0.6 is 11.3 Å². The van der Waals surface area contributed by atoms with E-state index in [1.54, 1.807) is 18.3 Å². The predicted molar refractivity (Wildman–Crippen MR) is 51.9 cm³/mol. The van der Waals surface area contributed by atoms with Gasteiger partial charge >= 0.3 is 0 Å². The molecule has 0 amide bonds. The maximum atomic E-state index is 10.2. The summed E-state index contributed by atoms with van der Waals surface area (Å²) in [4.78, 5) is 14.5. The Morgan fingerprint density at radius 2 is 2.46 bits per heavy atom. The summed E-state index contributed by atoms with van der Waals surface area (Å²) >= 11 is 1.55. The van der Waals surface area contributed by atoms with Gasteiger partial charge in [0.25, 0.3) is 0 Å². The van der Waals surface area contributed by atoms with Crippen molar-refractivity contribution < 1.29 is 9.90 Å². The van der Waals surface area contributed by atoms with Gasteiger partial charge in [0.2, 0.25) is 0 Å². The summed E-state index contributed by atoms with van der Waals surface area (Å²) < 4.78 is 0. The zero-order chi connectivity index (χ0) is 9.90. The SMILES string of the molecule is Cc1nc(CC(C)(O)CC=O)cs1. The van der Waals surface area contributed by atoms with Crippen molar-refractivity contribution in [2.75, 3.05) is 0 Å². The van der Waals surface area contributed by atoms with E-state index in [1.807, 2.05) is 12.3 Å². The summed E-state index contributed by atoms with van der Waals surface area (Å²) in [6.07, 6.45) is 1.33. The van der Waals surface area contributed by atoms with Gasteiger partial charge in [-0.05, 0) is 13.8 Å². The molecule has 0 aliphatic heterocycles. The number of carbonyl (C=O) groups is 1. The van der Waals surface area contributed by atoms with Crippen LogP contribution in [0.2, 0.25) is 0 Å². The minimum absolute atomic E-state index is 0.156. The minimum atomic E-state index is -0.956. The Balaban J connectivity index is 2.62. The van der Waals surface area contributed by atoms with Gasteiger partial charge in [-0.1, -0.05) is 0 Å². The molecular weight excluding hydrogens is 186 g/mol. The van der Waals surface area contributed by atoms with Crippen molar-refractivity contribution in [1.82, 2.24) is 4.98 Å². The molecule has 0 aromatic carbocycles. The van der Waals surface area contributed by atoms with Crippen molar-refractivity contribution in [3.63, 3.8) is 0 Å². The van der Waals surface area contributed by atoms with Crippen LogP contribution < -0.4 is 0 Å². The number of carbonyl (C=O) groups excluding carboxylic acids is 1. The van der Waals surface area contributed by atoms with Crippen LogP contribution in [0.15, 0.2) is 5.38 Å². The van der Waals surface area contributed by atoms with E-state index in [0.29, 0.717) is 6.42 Å². The number of hydrogen-bond donors (Lipinski definition) is 1. The van der Waals surface area contributed by atoms with Crippen LogP contribution in [0.4, 0.5) is 0 Å². The highest BCUT2D eigenvalue weighted by Gasteiger charge is 2.21. The Labute approximate surface area is 81.4 Å². The van der Waals surface area contributed by atoms with Gasteiger partial charge < -0.3 is 9.90 Å². The Morgan fingerprint density at radius 1 is 1.77 bits per heavy atom. The van der Waals surface area contributed by atoms with E-state index in [9.17, 15) is 9.90 Å². The molecule has 1 aromatic heterocycles. The normalized spacial score (nSPS) is 15.3. The fourth-order valence-corrected chi connectivity index (χ4v) is 1.74. The highest BCUT2D eigenvalue weighted by atomic mass is 32.1. The zero-order valence-corrected chi connectivity index (χ0v) is 8.60. The van der Waals surface area contributed by atoms with Gasteiger partial charge in [0.05, 0.1) is 16.3 Å². The Bertz CT molecular complexity index is 294. The minimum Gasteiger partial charge on any atom is -0.389 e. The number of aromatic nitrogens is 1. The summed E-state index contributed by atoms with van der Waals surface area (Å²) in [5.74, 6) is 0. The standard InChI is InChI=1S/C9H13NO2S/c1-7-10-8(6-13-7)5-9(2,12)3-4-11/h4,6,12H,3,5H2,1-2H3.